The van der Waals surface area contributed by atoms with Crippen LogP contribution in [0.1, 0.15) is 49.9 Å². The molecule has 1 N–H and O–H groups in total. The summed E-state index contributed by atoms with van der Waals surface area (Å²) in [6.07, 6.45) is 4.29. The van der Waals surface area contributed by atoms with E-state index in [1.165, 1.54) is 0 Å². The van der Waals surface area contributed by atoms with Crippen molar-refractivity contribution in [2.24, 2.45) is 0 Å². The van der Waals surface area contributed by atoms with E-state index >= 15 is 0 Å². The highest BCUT2D eigenvalue weighted by Crippen LogP contribution is 2.32. The molecular weight excluding hydrogens is 264 g/mol. The van der Waals surface area contributed by atoms with E-state index in [2.05, 4.69) is 19.2 Å². The van der Waals surface area contributed by atoms with Crippen molar-refractivity contribution in [2.45, 2.75) is 39.5 Å². The number of amides is 1. The zero-order valence-corrected chi connectivity index (χ0v) is 13.2. The molecule has 4 heteroatoms. The molecule has 0 aliphatic carbocycles. The van der Waals surface area contributed by atoms with Gasteiger partial charge in [-0.15, -0.1) is 0 Å². The molecule has 1 aromatic carbocycles. The van der Waals surface area contributed by atoms with Crippen LogP contribution in [0.5, 0.6) is 5.75 Å². The van der Waals surface area contributed by atoms with E-state index in [4.69, 9.17) is 4.74 Å². The summed E-state index contributed by atoms with van der Waals surface area (Å²) in [6.45, 7) is 7.36. The second-order valence-electron chi connectivity index (χ2n) is 5.46. The number of carbonyl (C=O) groups is 1. The number of rotatable bonds is 7. The first-order valence-electron chi connectivity index (χ1n) is 8.06. The molecule has 1 heterocycles. The zero-order valence-electron chi connectivity index (χ0n) is 13.2. The number of nitrogens with one attached hydrogen (secondary N) is 1. The monoisotopic (exact) mass is 290 g/mol. The molecule has 0 radical (unpaired) electrons. The van der Waals surface area contributed by atoms with Crippen LogP contribution in [0, 0.1) is 0 Å². The standard InChI is InChI=1S/C17H26N2O2/c1-3-5-11-19(12-6-4-2)17(20)14-8-7-9-15-16(14)21-13-10-18-15/h7-9,18H,3-6,10-13H2,1-2H3. The first-order valence-corrected chi connectivity index (χ1v) is 8.06. The number of benzene rings is 1. The van der Waals surface area contributed by atoms with Gasteiger partial charge in [0.2, 0.25) is 0 Å². The van der Waals surface area contributed by atoms with Crippen LogP contribution in [0.4, 0.5) is 5.69 Å². The number of hydrogen-bond acceptors (Lipinski definition) is 3. The van der Waals surface area contributed by atoms with E-state index in [9.17, 15) is 4.79 Å². The summed E-state index contributed by atoms with van der Waals surface area (Å²) in [7, 11) is 0. The number of ether oxygens (including phenoxy) is 1. The zero-order chi connectivity index (χ0) is 15.1. The van der Waals surface area contributed by atoms with Gasteiger partial charge < -0.3 is 15.0 Å². The lowest BCUT2D eigenvalue weighted by Gasteiger charge is -2.26. The largest absolute Gasteiger partial charge is 0.489 e. The lowest BCUT2D eigenvalue weighted by Crippen LogP contribution is -2.34. The summed E-state index contributed by atoms with van der Waals surface area (Å²) in [5.74, 6) is 0.809. The molecule has 1 aliphatic rings. The van der Waals surface area contributed by atoms with E-state index in [1.54, 1.807) is 0 Å². The maximum atomic E-state index is 12.8. The van der Waals surface area contributed by atoms with Crippen molar-refractivity contribution in [1.29, 1.82) is 0 Å². The van der Waals surface area contributed by atoms with Crippen molar-refractivity contribution < 1.29 is 9.53 Å². The van der Waals surface area contributed by atoms with Gasteiger partial charge in [0, 0.05) is 19.6 Å². The van der Waals surface area contributed by atoms with Crippen LogP contribution in [0.2, 0.25) is 0 Å². The minimum absolute atomic E-state index is 0.0949. The van der Waals surface area contributed by atoms with E-state index in [0.29, 0.717) is 17.9 Å². The Balaban J connectivity index is 2.19. The van der Waals surface area contributed by atoms with Gasteiger partial charge in [0.15, 0.2) is 5.75 Å². The lowest BCUT2D eigenvalue weighted by atomic mass is 10.1. The topological polar surface area (TPSA) is 41.6 Å². The van der Waals surface area contributed by atoms with Crippen molar-refractivity contribution in [3.8, 4) is 5.75 Å². The summed E-state index contributed by atoms with van der Waals surface area (Å²) < 4.78 is 5.72. The quantitative estimate of drug-likeness (QED) is 0.835. The fourth-order valence-electron chi connectivity index (χ4n) is 2.52. The molecule has 1 amide bonds. The van der Waals surface area contributed by atoms with Crippen molar-refractivity contribution in [3.63, 3.8) is 0 Å². The van der Waals surface area contributed by atoms with Gasteiger partial charge in [0.25, 0.3) is 5.91 Å². The molecule has 0 fully saturated rings. The van der Waals surface area contributed by atoms with Crippen molar-refractivity contribution in [2.75, 3.05) is 31.6 Å². The number of anilines is 1. The van der Waals surface area contributed by atoms with Gasteiger partial charge in [-0.25, -0.2) is 0 Å². The molecule has 1 aliphatic heterocycles. The average molecular weight is 290 g/mol. The Morgan fingerprint density at radius 1 is 1.24 bits per heavy atom. The van der Waals surface area contributed by atoms with Crippen LogP contribution in [0.15, 0.2) is 18.2 Å². The highest BCUT2D eigenvalue weighted by atomic mass is 16.5. The Morgan fingerprint density at radius 3 is 2.62 bits per heavy atom. The molecule has 2 rings (SSSR count). The van der Waals surface area contributed by atoms with E-state index in [-0.39, 0.29) is 5.91 Å². The maximum Gasteiger partial charge on any atom is 0.257 e. The van der Waals surface area contributed by atoms with Crippen molar-refractivity contribution >= 4 is 11.6 Å². The predicted octanol–water partition coefficient (Wildman–Crippen LogP) is 3.53. The first kappa shape index (κ1) is 15.7. The van der Waals surface area contributed by atoms with Crippen molar-refractivity contribution in [3.05, 3.63) is 23.8 Å². The molecular formula is C17H26N2O2. The van der Waals surface area contributed by atoms with E-state index in [1.807, 2.05) is 23.1 Å². The molecule has 116 valence electrons. The van der Waals surface area contributed by atoms with Gasteiger partial charge in [-0.2, -0.15) is 0 Å². The molecule has 0 unspecified atom stereocenters. The Kier molecular flexibility index (Phi) is 5.90. The third-order valence-corrected chi connectivity index (χ3v) is 3.76. The van der Waals surface area contributed by atoms with Crippen LogP contribution < -0.4 is 10.1 Å². The third-order valence-electron chi connectivity index (χ3n) is 3.76. The molecule has 21 heavy (non-hydrogen) atoms. The Morgan fingerprint density at radius 2 is 1.95 bits per heavy atom. The highest BCUT2D eigenvalue weighted by Gasteiger charge is 2.22. The highest BCUT2D eigenvalue weighted by molar-refractivity contribution is 5.99. The number of carbonyl (C=O) groups excluding carboxylic acids is 1. The molecule has 4 nitrogen and oxygen atoms in total. The maximum absolute atomic E-state index is 12.8. The van der Waals surface area contributed by atoms with Crippen LogP contribution in [0.3, 0.4) is 0 Å². The molecule has 0 spiro atoms. The predicted molar refractivity (Wildman–Crippen MR) is 86.1 cm³/mol. The van der Waals surface area contributed by atoms with Gasteiger partial charge in [0.1, 0.15) is 6.61 Å². The Bertz CT molecular complexity index is 466. The van der Waals surface area contributed by atoms with Crippen LogP contribution >= 0.6 is 0 Å². The summed E-state index contributed by atoms with van der Waals surface area (Å²) in [6, 6.07) is 5.76. The first-order chi connectivity index (χ1) is 10.3. The summed E-state index contributed by atoms with van der Waals surface area (Å²) in [5.41, 5.74) is 1.62. The summed E-state index contributed by atoms with van der Waals surface area (Å²) in [5, 5.41) is 3.29. The van der Waals surface area contributed by atoms with Crippen molar-refractivity contribution in [1.82, 2.24) is 4.90 Å². The van der Waals surface area contributed by atoms with Gasteiger partial charge >= 0.3 is 0 Å². The second kappa shape index (κ2) is 7.91. The number of fused-ring (bicyclic) bond motifs is 1. The average Bonchev–Trinajstić information content (AvgIpc) is 2.54. The van der Waals surface area contributed by atoms with Gasteiger partial charge in [0.05, 0.1) is 11.3 Å². The van der Waals surface area contributed by atoms with Crippen LogP contribution in [-0.4, -0.2) is 37.0 Å². The minimum Gasteiger partial charge on any atom is -0.489 e. The van der Waals surface area contributed by atoms with Gasteiger partial charge in [-0.1, -0.05) is 32.8 Å². The number of nitrogens with zero attached hydrogens (tertiary/aromatic N) is 1. The third kappa shape index (κ3) is 3.90. The second-order valence-corrected chi connectivity index (χ2v) is 5.46. The Labute approximate surface area is 127 Å². The van der Waals surface area contributed by atoms with Crippen LogP contribution in [0.25, 0.3) is 0 Å². The molecule has 0 atom stereocenters. The summed E-state index contributed by atoms with van der Waals surface area (Å²) >= 11 is 0. The molecule has 0 aromatic heterocycles. The number of para-hydroxylation sites is 1. The Hall–Kier alpha value is -1.71. The van der Waals surface area contributed by atoms with E-state index < -0.39 is 0 Å². The van der Waals surface area contributed by atoms with Crippen LogP contribution in [-0.2, 0) is 0 Å². The van der Waals surface area contributed by atoms with E-state index in [0.717, 1.165) is 51.0 Å². The SMILES string of the molecule is CCCCN(CCCC)C(=O)c1cccc2c1OCCN2. The van der Waals surface area contributed by atoms with Gasteiger partial charge in [-0.05, 0) is 25.0 Å². The number of hydrogen-bond donors (Lipinski definition) is 1. The normalized spacial score (nSPS) is 13.0. The van der Waals surface area contributed by atoms with Gasteiger partial charge in [-0.3, -0.25) is 4.79 Å². The smallest absolute Gasteiger partial charge is 0.257 e. The number of unbranched alkanes of at least 4 members (excludes halogenated alkanes) is 2. The molecule has 0 saturated heterocycles. The lowest BCUT2D eigenvalue weighted by molar-refractivity contribution is 0.0746. The fourth-order valence-corrected chi connectivity index (χ4v) is 2.52. The summed E-state index contributed by atoms with van der Waals surface area (Å²) in [4.78, 5) is 14.8. The minimum atomic E-state index is 0.0949. The molecule has 1 aromatic rings. The molecule has 0 bridgehead atoms. The fraction of sp³-hybridized carbons (Fsp3) is 0.588. The molecule has 0 saturated carbocycles.